The second-order valence-electron chi connectivity index (χ2n) is 5.66. The van der Waals surface area contributed by atoms with Crippen molar-refractivity contribution < 1.29 is 9.53 Å². The van der Waals surface area contributed by atoms with Crippen LogP contribution in [0.25, 0.3) is 21.0 Å². The zero-order valence-corrected chi connectivity index (χ0v) is 14.2. The van der Waals surface area contributed by atoms with E-state index in [1.54, 1.807) is 25.1 Å². The van der Waals surface area contributed by atoms with Crippen molar-refractivity contribution in [1.29, 1.82) is 0 Å². The molecule has 124 valence electrons. The summed E-state index contributed by atoms with van der Waals surface area (Å²) in [6.45, 7) is 1.69. The van der Waals surface area contributed by atoms with Crippen LogP contribution in [-0.4, -0.2) is 15.9 Å². The molecular formula is C19H14N2O3S. The summed E-state index contributed by atoms with van der Waals surface area (Å²) < 4.78 is 6.52. The Bertz CT molecular complexity index is 1110. The summed E-state index contributed by atoms with van der Waals surface area (Å²) in [7, 11) is 0. The van der Waals surface area contributed by atoms with Crippen LogP contribution in [0.5, 0.6) is 0 Å². The number of ether oxygens (including phenoxy) is 1. The van der Waals surface area contributed by atoms with Crippen LogP contribution in [0.2, 0.25) is 0 Å². The van der Waals surface area contributed by atoms with E-state index in [4.69, 9.17) is 4.74 Å². The molecule has 0 bridgehead atoms. The number of nitrogens with one attached hydrogen (secondary N) is 1. The number of thiophene rings is 1. The molecular weight excluding hydrogens is 336 g/mol. The van der Waals surface area contributed by atoms with Crippen LogP contribution in [0.4, 0.5) is 0 Å². The Kier molecular flexibility index (Phi) is 3.82. The largest absolute Gasteiger partial charge is 0.450 e. The fraction of sp³-hybridized carbons (Fsp3) is 0.105. The monoisotopic (exact) mass is 350 g/mol. The summed E-state index contributed by atoms with van der Waals surface area (Å²) in [6, 6.07) is 16.6. The zero-order chi connectivity index (χ0) is 17.4. The number of fused-ring (bicyclic) bond motifs is 2. The topological polar surface area (TPSA) is 72.0 Å². The number of aromatic nitrogens is 2. The maximum Gasteiger partial charge on any atom is 0.349 e. The third-order valence-electron chi connectivity index (χ3n) is 3.93. The van der Waals surface area contributed by atoms with Gasteiger partial charge in [0.25, 0.3) is 5.56 Å². The molecule has 0 aliphatic carbocycles. The smallest absolute Gasteiger partial charge is 0.349 e. The number of hydrogen-bond donors (Lipinski definition) is 1. The molecule has 0 unspecified atom stereocenters. The van der Waals surface area contributed by atoms with Crippen LogP contribution in [0.1, 0.15) is 28.5 Å². The Balaban J connectivity index is 1.62. The number of hydrogen-bond acceptors (Lipinski definition) is 5. The molecule has 0 aliphatic rings. The minimum absolute atomic E-state index is 0.245. The highest BCUT2D eigenvalue weighted by Crippen LogP contribution is 2.27. The zero-order valence-electron chi connectivity index (χ0n) is 13.4. The molecule has 5 nitrogen and oxygen atoms in total. The van der Waals surface area contributed by atoms with Gasteiger partial charge in [0.2, 0.25) is 0 Å². The Morgan fingerprint density at radius 2 is 1.92 bits per heavy atom. The molecule has 0 saturated heterocycles. The summed E-state index contributed by atoms with van der Waals surface area (Å²) in [6.07, 6.45) is -0.657. The van der Waals surface area contributed by atoms with E-state index in [0.717, 1.165) is 10.1 Å². The van der Waals surface area contributed by atoms with Gasteiger partial charge in [-0.15, -0.1) is 11.3 Å². The Labute approximate surface area is 146 Å². The fourth-order valence-electron chi connectivity index (χ4n) is 2.65. The van der Waals surface area contributed by atoms with Crippen molar-refractivity contribution in [3.05, 3.63) is 75.7 Å². The number of esters is 1. The molecule has 4 aromatic rings. The van der Waals surface area contributed by atoms with Crippen LogP contribution in [0, 0.1) is 0 Å². The van der Waals surface area contributed by atoms with Crippen molar-refractivity contribution in [2.45, 2.75) is 13.0 Å². The maximum absolute atomic E-state index is 12.4. The van der Waals surface area contributed by atoms with E-state index in [2.05, 4.69) is 9.97 Å². The van der Waals surface area contributed by atoms with Gasteiger partial charge in [-0.05, 0) is 36.6 Å². The molecule has 0 spiro atoms. The first kappa shape index (κ1) is 15.5. The lowest BCUT2D eigenvalue weighted by atomic mass is 10.2. The first-order valence-electron chi connectivity index (χ1n) is 7.80. The van der Waals surface area contributed by atoms with E-state index in [9.17, 15) is 9.59 Å². The molecule has 1 atom stereocenters. The van der Waals surface area contributed by atoms with E-state index >= 15 is 0 Å². The lowest BCUT2D eigenvalue weighted by Crippen LogP contribution is -2.17. The summed E-state index contributed by atoms with van der Waals surface area (Å²) in [5, 5.41) is 1.51. The standard InChI is InChI=1S/C19H14N2O3S/c1-11(17-20-14-8-4-3-7-13(14)18(22)21-17)24-19(23)16-10-12-6-2-5-9-15(12)25-16/h2-11H,1H3,(H,20,21,22)/t11-/m1/s1. The van der Waals surface area contributed by atoms with Crippen LogP contribution < -0.4 is 5.56 Å². The van der Waals surface area contributed by atoms with Gasteiger partial charge in [-0.2, -0.15) is 0 Å². The molecule has 0 amide bonds. The van der Waals surface area contributed by atoms with E-state index in [1.165, 1.54) is 11.3 Å². The van der Waals surface area contributed by atoms with E-state index in [-0.39, 0.29) is 5.56 Å². The van der Waals surface area contributed by atoms with Crippen LogP contribution in [0.15, 0.2) is 59.4 Å². The lowest BCUT2D eigenvalue weighted by Gasteiger charge is -2.12. The van der Waals surface area contributed by atoms with Crippen molar-refractivity contribution >= 4 is 38.3 Å². The highest BCUT2D eigenvalue weighted by Gasteiger charge is 2.18. The minimum atomic E-state index is -0.657. The molecule has 1 N–H and O–H groups in total. The summed E-state index contributed by atoms with van der Waals surface area (Å²) >= 11 is 1.38. The number of carbonyl (C=O) groups is 1. The first-order chi connectivity index (χ1) is 12.1. The van der Waals surface area contributed by atoms with Gasteiger partial charge < -0.3 is 9.72 Å². The number of H-pyrrole nitrogens is 1. The van der Waals surface area contributed by atoms with E-state index < -0.39 is 12.1 Å². The highest BCUT2D eigenvalue weighted by atomic mass is 32.1. The van der Waals surface area contributed by atoms with Gasteiger partial charge in [-0.1, -0.05) is 30.3 Å². The van der Waals surface area contributed by atoms with Crippen LogP contribution in [-0.2, 0) is 4.74 Å². The number of para-hydroxylation sites is 1. The van der Waals surface area contributed by atoms with Gasteiger partial charge in [0.1, 0.15) is 4.88 Å². The van der Waals surface area contributed by atoms with Crippen molar-refractivity contribution in [3.63, 3.8) is 0 Å². The second kappa shape index (κ2) is 6.14. The lowest BCUT2D eigenvalue weighted by molar-refractivity contribution is 0.0326. The van der Waals surface area contributed by atoms with Crippen molar-refractivity contribution in [3.8, 4) is 0 Å². The third-order valence-corrected chi connectivity index (χ3v) is 5.02. The van der Waals surface area contributed by atoms with Crippen molar-refractivity contribution in [1.82, 2.24) is 9.97 Å². The average Bonchev–Trinajstić information content (AvgIpc) is 3.06. The SMILES string of the molecule is C[C@@H](OC(=O)c1cc2ccccc2s1)c1nc2ccccc2c(=O)[nH]1. The van der Waals surface area contributed by atoms with Crippen molar-refractivity contribution in [2.24, 2.45) is 0 Å². The molecule has 0 saturated carbocycles. The molecule has 4 rings (SSSR count). The van der Waals surface area contributed by atoms with Gasteiger partial charge in [0, 0.05) is 4.70 Å². The molecule has 2 heterocycles. The van der Waals surface area contributed by atoms with Crippen LogP contribution in [0.3, 0.4) is 0 Å². The van der Waals surface area contributed by atoms with Gasteiger partial charge in [-0.3, -0.25) is 4.79 Å². The average molecular weight is 350 g/mol. The Hall–Kier alpha value is -2.99. The molecule has 6 heteroatoms. The van der Waals surface area contributed by atoms with Gasteiger partial charge in [0.05, 0.1) is 10.9 Å². The van der Waals surface area contributed by atoms with Crippen LogP contribution >= 0.6 is 11.3 Å². The number of rotatable bonds is 3. The Morgan fingerprint density at radius 3 is 2.76 bits per heavy atom. The van der Waals surface area contributed by atoms with E-state index in [1.807, 2.05) is 36.4 Å². The highest BCUT2D eigenvalue weighted by molar-refractivity contribution is 7.20. The summed E-state index contributed by atoms with van der Waals surface area (Å²) in [4.78, 5) is 32.2. The molecule has 0 aliphatic heterocycles. The molecule has 0 radical (unpaired) electrons. The fourth-order valence-corrected chi connectivity index (χ4v) is 3.60. The number of carbonyl (C=O) groups excluding carboxylic acids is 1. The second-order valence-corrected chi connectivity index (χ2v) is 6.75. The van der Waals surface area contributed by atoms with Gasteiger partial charge >= 0.3 is 5.97 Å². The van der Waals surface area contributed by atoms with Gasteiger partial charge in [0.15, 0.2) is 11.9 Å². The molecule has 0 fully saturated rings. The summed E-state index contributed by atoms with van der Waals surface area (Å²) in [5.74, 6) is -0.0948. The maximum atomic E-state index is 12.4. The van der Waals surface area contributed by atoms with Gasteiger partial charge in [-0.25, -0.2) is 9.78 Å². The predicted octanol–water partition coefficient (Wildman–Crippen LogP) is 4.06. The van der Waals surface area contributed by atoms with Crippen molar-refractivity contribution in [2.75, 3.05) is 0 Å². The van der Waals surface area contributed by atoms with E-state index in [0.29, 0.717) is 21.6 Å². The first-order valence-corrected chi connectivity index (χ1v) is 8.62. The quantitative estimate of drug-likeness (QED) is 0.566. The number of benzene rings is 2. The molecule has 2 aromatic carbocycles. The molecule has 2 aromatic heterocycles. The predicted molar refractivity (Wildman–Crippen MR) is 98.0 cm³/mol. The number of nitrogens with zero attached hydrogens (tertiary/aromatic N) is 1. The third kappa shape index (κ3) is 2.92. The minimum Gasteiger partial charge on any atom is -0.450 e. The number of aromatic amines is 1. The summed E-state index contributed by atoms with van der Waals surface area (Å²) in [5.41, 5.74) is 0.330. The molecule has 25 heavy (non-hydrogen) atoms. The Morgan fingerprint density at radius 1 is 1.16 bits per heavy atom. The normalized spacial score (nSPS) is 12.4.